The second-order valence-electron chi connectivity index (χ2n) is 5.80. The van der Waals surface area contributed by atoms with Crippen LogP contribution in [0.2, 0.25) is 0 Å². The second kappa shape index (κ2) is 6.55. The Kier molecular flexibility index (Phi) is 4.77. The lowest BCUT2D eigenvalue weighted by molar-refractivity contribution is -0.122. The summed E-state index contributed by atoms with van der Waals surface area (Å²) >= 11 is 0. The predicted octanol–water partition coefficient (Wildman–Crippen LogP) is 2.81. The number of nitrogens with one attached hydrogen (secondary N) is 2. The highest BCUT2D eigenvalue weighted by Gasteiger charge is 2.25. The first-order chi connectivity index (χ1) is 9.56. The number of carbonyl (C=O) groups excluding carboxylic acids is 2. The van der Waals surface area contributed by atoms with E-state index in [0.717, 1.165) is 24.9 Å². The lowest BCUT2D eigenvalue weighted by Gasteiger charge is -2.24. The highest BCUT2D eigenvalue weighted by Crippen LogP contribution is 2.27. The molecular formula is C16H22N2O2. The van der Waals surface area contributed by atoms with E-state index in [1.54, 1.807) is 24.3 Å². The normalized spacial score (nSPS) is 14.8. The first-order valence-electron chi connectivity index (χ1n) is 7.25. The van der Waals surface area contributed by atoms with E-state index in [1.165, 1.54) is 0 Å². The molecule has 2 N–H and O–H groups in total. The van der Waals surface area contributed by atoms with Crippen LogP contribution < -0.4 is 10.6 Å². The van der Waals surface area contributed by atoms with Gasteiger partial charge in [-0.2, -0.15) is 0 Å². The first-order valence-corrected chi connectivity index (χ1v) is 7.25. The highest BCUT2D eigenvalue weighted by atomic mass is 16.2. The van der Waals surface area contributed by atoms with Crippen molar-refractivity contribution in [2.24, 2.45) is 11.8 Å². The molecule has 0 spiro atoms. The van der Waals surface area contributed by atoms with Crippen LogP contribution in [0.1, 0.15) is 43.5 Å². The fraction of sp³-hybridized carbons (Fsp3) is 0.500. The van der Waals surface area contributed by atoms with Crippen LogP contribution in [0.5, 0.6) is 0 Å². The molecule has 1 fully saturated rings. The van der Waals surface area contributed by atoms with Gasteiger partial charge in [0.05, 0.1) is 0 Å². The Labute approximate surface area is 119 Å². The Bertz CT molecular complexity index is 476. The molecule has 2 rings (SSSR count). The van der Waals surface area contributed by atoms with E-state index in [4.69, 9.17) is 0 Å². The zero-order valence-electron chi connectivity index (χ0n) is 12.1. The van der Waals surface area contributed by atoms with Gasteiger partial charge in [-0.3, -0.25) is 9.59 Å². The Morgan fingerprint density at radius 1 is 1.20 bits per heavy atom. The Balaban J connectivity index is 1.88. The van der Waals surface area contributed by atoms with E-state index in [-0.39, 0.29) is 17.7 Å². The third-order valence-electron chi connectivity index (χ3n) is 3.56. The van der Waals surface area contributed by atoms with Crippen molar-refractivity contribution in [1.29, 1.82) is 0 Å². The summed E-state index contributed by atoms with van der Waals surface area (Å²) in [6.45, 7) is 4.78. The number of amides is 2. The van der Waals surface area contributed by atoms with E-state index in [9.17, 15) is 9.59 Å². The first kappa shape index (κ1) is 14.6. The van der Waals surface area contributed by atoms with Gasteiger partial charge in [-0.25, -0.2) is 0 Å². The largest absolute Gasteiger partial charge is 0.352 e. The lowest BCUT2D eigenvalue weighted by Crippen LogP contribution is -2.28. The summed E-state index contributed by atoms with van der Waals surface area (Å²) < 4.78 is 0. The van der Waals surface area contributed by atoms with Crippen molar-refractivity contribution >= 4 is 17.5 Å². The molecule has 1 aromatic rings. The molecule has 0 saturated heterocycles. The molecule has 0 bridgehead atoms. The molecule has 0 atom stereocenters. The summed E-state index contributed by atoms with van der Waals surface area (Å²) in [5, 5.41) is 5.76. The van der Waals surface area contributed by atoms with Gasteiger partial charge in [-0.15, -0.1) is 0 Å². The van der Waals surface area contributed by atoms with Crippen molar-refractivity contribution < 1.29 is 9.59 Å². The molecule has 1 aliphatic rings. The van der Waals surface area contributed by atoms with Crippen molar-refractivity contribution in [2.45, 2.75) is 33.1 Å². The molecule has 20 heavy (non-hydrogen) atoms. The van der Waals surface area contributed by atoms with Gasteiger partial charge in [0.1, 0.15) is 0 Å². The average molecular weight is 274 g/mol. The summed E-state index contributed by atoms with van der Waals surface area (Å²) in [5.74, 6) is 0.618. The minimum absolute atomic E-state index is 0.0735. The SMILES string of the molecule is CC(C)CNC(=O)c1ccc(NC(=O)C2CCC2)cc1. The minimum atomic E-state index is -0.0735. The Morgan fingerprint density at radius 3 is 2.35 bits per heavy atom. The Morgan fingerprint density at radius 2 is 1.85 bits per heavy atom. The van der Waals surface area contributed by atoms with Crippen LogP contribution in [0.25, 0.3) is 0 Å². The van der Waals surface area contributed by atoms with Gasteiger partial charge in [0.25, 0.3) is 5.91 Å². The van der Waals surface area contributed by atoms with E-state index in [2.05, 4.69) is 24.5 Å². The summed E-state index contributed by atoms with van der Waals surface area (Å²) in [6.07, 6.45) is 3.12. The minimum Gasteiger partial charge on any atom is -0.352 e. The maximum atomic E-state index is 11.8. The third kappa shape index (κ3) is 3.83. The van der Waals surface area contributed by atoms with Gasteiger partial charge >= 0.3 is 0 Å². The molecule has 0 aliphatic heterocycles. The second-order valence-corrected chi connectivity index (χ2v) is 5.80. The number of hydrogen-bond donors (Lipinski definition) is 2. The smallest absolute Gasteiger partial charge is 0.251 e. The third-order valence-corrected chi connectivity index (χ3v) is 3.56. The van der Waals surface area contributed by atoms with Crippen LogP contribution in [0.15, 0.2) is 24.3 Å². The van der Waals surface area contributed by atoms with Crippen molar-refractivity contribution in [3.63, 3.8) is 0 Å². The predicted molar refractivity (Wildman–Crippen MR) is 79.6 cm³/mol. The maximum absolute atomic E-state index is 11.8. The molecule has 1 aliphatic carbocycles. The summed E-state index contributed by atoms with van der Waals surface area (Å²) in [6, 6.07) is 7.04. The molecule has 0 aromatic heterocycles. The molecule has 0 heterocycles. The number of carbonyl (C=O) groups is 2. The van der Waals surface area contributed by atoms with Gasteiger partial charge in [0.15, 0.2) is 0 Å². The van der Waals surface area contributed by atoms with Crippen LogP contribution in [0.4, 0.5) is 5.69 Å². The van der Waals surface area contributed by atoms with Gasteiger partial charge < -0.3 is 10.6 Å². The van der Waals surface area contributed by atoms with Crippen molar-refractivity contribution in [1.82, 2.24) is 5.32 Å². The van der Waals surface area contributed by atoms with Gasteiger partial charge in [-0.1, -0.05) is 20.3 Å². The molecule has 1 saturated carbocycles. The topological polar surface area (TPSA) is 58.2 Å². The number of hydrogen-bond acceptors (Lipinski definition) is 2. The quantitative estimate of drug-likeness (QED) is 0.867. The van der Waals surface area contributed by atoms with Gasteiger partial charge in [0.2, 0.25) is 5.91 Å². The molecule has 108 valence electrons. The van der Waals surface area contributed by atoms with E-state index in [0.29, 0.717) is 18.0 Å². The molecule has 0 unspecified atom stereocenters. The monoisotopic (exact) mass is 274 g/mol. The van der Waals surface area contributed by atoms with Crippen LogP contribution in [-0.2, 0) is 4.79 Å². The van der Waals surface area contributed by atoms with Crippen molar-refractivity contribution in [2.75, 3.05) is 11.9 Å². The lowest BCUT2D eigenvalue weighted by atomic mass is 9.85. The van der Waals surface area contributed by atoms with E-state index >= 15 is 0 Å². The standard InChI is InChI=1S/C16H22N2O2/c1-11(2)10-17-15(19)13-6-8-14(9-7-13)18-16(20)12-4-3-5-12/h6-9,11-12H,3-5,10H2,1-2H3,(H,17,19)(H,18,20). The van der Waals surface area contributed by atoms with E-state index in [1.807, 2.05) is 0 Å². The molecule has 4 heteroatoms. The number of rotatable bonds is 5. The maximum Gasteiger partial charge on any atom is 0.251 e. The van der Waals surface area contributed by atoms with Crippen LogP contribution in [0, 0.1) is 11.8 Å². The van der Waals surface area contributed by atoms with Crippen LogP contribution >= 0.6 is 0 Å². The summed E-state index contributed by atoms with van der Waals surface area (Å²) in [7, 11) is 0. The highest BCUT2D eigenvalue weighted by molar-refractivity contribution is 5.96. The van der Waals surface area contributed by atoms with Gasteiger partial charge in [-0.05, 0) is 43.0 Å². The van der Waals surface area contributed by atoms with Crippen LogP contribution in [0.3, 0.4) is 0 Å². The fourth-order valence-electron chi connectivity index (χ4n) is 2.02. The zero-order valence-corrected chi connectivity index (χ0v) is 12.1. The molecule has 1 aromatic carbocycles. The van der Waals surface area contributed by atoms with Crippen molar-refractivity contribution in [3.8, 4) is 0 Å². The summed E-state index contributed by atoms with van der Waals surface area (Å²) in [5.41, 5.74) is 1.37. The Hall–Kier alpha value is -1.84. The molecule has 0 radical (unpaired) electrons. The van der Waals surface area contributed by atoms with Crippen molar-refractivity contribution in [3.05, 3.63) is 29.8 Å². The fourth-order valence-corrected chi connectivity index (χ4v) is 2.02. The summed E-state index contributed by atoms with van der Waals surface area (Å²) in [4.78, 5) is 23.6. The molecular weight excluding hydrogens is 252 g/mol. The van der Waals surface area contributed by atoms with Crippen LogP contribution in [-0.4, -0.2) is 18.4 Å². The number of benzene rings is 1. The zero-order chi connectivity index (χ0) is 14.5. The van der Waals surface area contributed by atoms with Gasteiger partial charge in [0, 0.05) is 23.7 Å². The number of anilines is 1. The van der Waals surface area contributed by atoms with E-state index < -0.39 is 0 Å². The average Bonchev–Trinajstić information content (AvgIpc) is 2.34. The molecule has 4 nitrogen and oxygen atoms in total. The molecule has 2 amide bonds.